The lowest BCUT2D eigenvalue weighted by Crippen LogP contribution is -2.40. The summed E-state index contributed by atoms with van der Waals surface area (Å²) in [6.07, 6.45) is 5.02. The van der Waals surface area contributed by atoms with E-state index in [1.54, 1.807) is 30.4 Å². The van der Waals surface area contributed by atoms with E-state index in [1.165, 1.54) is 6.20 Å². The van der Waals surface area contributed by atoms with Crippen LogP contribution in [0.3, 0.4) is 0 Å². The van der Waals surface area contributed by atoms with Crippen LogP contribution in [0.15, 0.2) is 35.1 Å². The van der Waals surface area contributed by atoms with Gasteiger partial charge < -0.3 is 19.0 Å². The lowest BCUT2D eigenvalue weighted by atomic mass is 10.0. The summed E-state index contributed by atoms with van der Waals surface area (Å²) in [5, 5.41) is 3.77. The summed E-state index contributed by atoms with van der Waals surface area (Å²) in [5.41, 5.74) is 1.65. The smallest absolute Gasteiger partial charge is 0.291 e. The van der Waals surface area contributed by atoms with E-state index < -0.39 is 0 Å². The van der Waals surface area contributed by atoms with Gasteiger partial charge in [0.25, 0.3) is 5.91 Å². The summed E-state index contributed by atoms with van der Waals surface area (Å²) in [5.74, 6) is 0.925. The molecule has 1 amide bonds. The summed E-state index contributed by atoms with van der Waals surface area (Å²) in [7, 11) is 1.72. The van der Waals surface area contributed by atoms with Crippen LogP contribution in [0.1, 0.15) is 28.1 Å². The van der Waals surface area contributed by atoms with Crippen molar-refractivity contribution in [1.82, 2.24) is 24.6 Å². The zero-order chi connectivity index (χ0) is 16.7. The van der Waals surface area contributed by atoms with Crippen molar-refractivity contribution in [2.45, 2.75) is 12.5 Å². The Hall–Kier alpha value is -2.38. The molecular formula is C16H16ClN5O2. The number of rotatable bonds is 4. The van der Waals surface area contributed by atoms with Crippen molar-refractivity contribution < 1.29 is 9.21 Å². The first kappa shape index (κ1) is 15.2. The molecule has 3 aromatic heterocycles. The Bertz CT molecular complexity index is 899. The number of carbonyl (C=O) groups excluding carboxylic acids is 1. The molecule has 4 heterocycles. The molecule has 8 heteroatoms. The van der Waals surface area contributed by atoms with Gasteiger partial charge in [-0.1, -0.05) is 11.6 Å². The third kappa shape index (κ3) is 2.65. The van der Waals surface area contributed by atoms with Gasteiger partial charge in [-0.3, -0.25) is 4.79 Å². The Kier molecular flexibility index (Phi) is 3.74. The Morgan fingerprint density at radius 2 is 2.25 bits per heavy atom. The predicted molar refractivity (Wildman–Crippen MR) is 88.1 cm³/mol. The van der Waals surface area contributed by atoms with Crippen LogP contribution >= 0.6 is 11.6 Å². The molecule has 24 heavy (non-hydrogen) atoms. The molecule has 0 saturated carbocycles. The Balaban J connectivity index is 1.52. The standard InChI is InChI=1S/C16H16ClN5O2/c1-21(9-12-6-19-14-3-2-11(17)8-22(12)14)16(23)13-7-20-15(24-13)10-4-18-5-10/h2-3,6-8,10,18H,4-5,9H2,1H3. The van der Waals surface area contributed by atoms with Gasteiger partial charge in [-0.25, -0.2) is 9.97 Å². The van der Waals surface area contributed by atoms with Crippen molar-refractivity contribution in [3.63, 3.8) is 0 Å². The fourth-order valence-electron chi connectivity index (χ4n) is 2.66. The second kappa shape index (κ2) is 5.92. The highest BCUT2D eigenvalue weighted by Crippen LogP contribution is 2.20. The SMILES string of the molecule is CN(Cc1cnc2ccc(Cl)cn12)C(=O)c1cnc(C2CNC2)o1. The van der Waals surface area contributed by atoms with E-state index in [0.717, 1.165) is 24.4 Å². The predicted octanol–water partition coefficient (Wildman–Crippen LogP) is 1.93. The van der Waals surface area contributed by atoms with Crippen molar-refractivity contribution in [3.05, 3.63) is 53.1 Å². The fraction of sp³-hybridized carbons (Fsp3) is 0.312. The van der Waals surface area contributed by atoms with E-state index in [2.05, 4.69) is 15.3 Å². The number of fused-ring (bicyclic) bond motifs is 1. The molecule has 4 rings (SSSR count). The molecule has 0 spiro atoms. The number of amides is 1. The van der Waals surface area contributed by atoms with Crippen molar-refractivity contribution >= 4 is 23.2 Å². The Morgan fingerprint density at radius 3 is 3.00 bits per heavy atom. The van der Waals surface area contributed by atoms with E-state index in [0.29, 0.717) is 17.5 Å². The van der Waals surface area contributed by atoms with E-state index in [4.69, 9.17) is 16.0 Å². The molecule has 1 saturated heterocycles. The quantitative estimate of drug-likeness (QED) is 0.782. The van der Waals surface area contributed by atoms with Gasteiger partial charge in [-0.15, -0.1) is 0 Å². The molecule has 1 aliphatic heterocycles. The number of halogens is 1. The molecule has 0 bridgehead atoms. The van der Waals surface area contributed by atoms with Gasteiger partial charge in [0, 0.05) is 26.3 Å². The van der Waals surface area contributed by atoms with Gasteiger partial charge in [-0.2, -0.15) is 0 Å². The van der Waals surface area contributed by atoms with Crippen molar-refractivity contribution in [2.75, 3.05) is 20.1 Å². The first-order chi connectivity index (χ1) is 11.6. The van der Waals surface area contributed by atoms with Gasteiger partial charge in [-0.05, 0) is 12.1 Å². The maximum absolute atomic E-state index is 12.5. The van der Waals surface area contributed by atoms with Gasteiger partial charge in [0.2, 0.25) is 11.7 Å². The summed E-state index contributed by atoms with van der Waals surface area (Å²) in [4.78, 5) is 22.6. The molecule has 0 radical (unpaired) electrons. The first-order valence-corrected chi connectivity index (χ1v) is 8.03. The van der Waals surface area contributed by atoms with Crippen LogP contribution in [0.25, 0.3) is 5.65 Å². The lowest BCUT2D eigenvalue weighted by Gasteiger charge is -2.23. The molecule has 1 N–H and O–H groups in total. The van der Waals surface area contributed by atoms with Crippen molar-refractivity contribution in [1.29, 1.82) is 0 Å². The topological polar surface area (TPSA) is 75.7 Å². The molecule has 0 aliphatic carbocycles. The average Bonchev–Trinajstić information content (AvgIpc) is 3.13. The summed E-state index contributed by atoms with van der Waals surface area (Å²) in [6.45, 7) is 2.07. The number of nitrogens with zero attached hydrogens (tertiary/aromatic N) is 4. The summed E-state index contributed by atoms with van der Waals surface area (Å²) < 4.78 is 7.48. The minimum atomic E-state index is -0.210. The maximum atomic E-state index is 12.5. The summed E-state index contributed by atoms with van der Waals surface area (Å²) in [6, 6.07) is 3.62. The van der Waals surface area contributed by atoms with Gasteiger partial charge in [0.15, 0.2) is 0 Å². The number of pyridine rings is 1. The Labute approximate surface area is 143 Å². The van der Waals surface area contributed by atoms with E-state index in [1.807, 2.05) is 10.5 Å². The number of oxazole rings is 1. The zero-order valence-electron chi connectivity index (χ0n) is 13.1. The highest BCUT2D eigenvalue weighted by molar-refractivity contribution is 6.30. The number of carbonyl (C=O) groups is 1. The van der Waals surface area contributed by atoms with Crippen LogP contribution in [-0.2, 0) is 6.54 Å². The molecule has 124 valence electrons. The van der Waals surface area contributed by atoms with Crippen LogP contribution in [0.4, 0.5) is 0 Å². The average molecular weight is 346 g/mol. The van der Waals surface area contributed by atoms with E-state index in [-0.39, 0.29) is 17.6 Å². The molecule has 0 atom stereocenters. The van der Waals surface area contributed by atoms with E-state index >= 15 is 0 Å². The Morgan fingerprint density at radius 1 is 1.42 bits per heavy atom. The second-order valence-corrected chi connectivity index (χ2v) is 6.34. The van der Waals surface area contributed by atoms with Crippen LogP contribution in [0.5, 0.6) is 0 Å². The highest BCUT2D eigenvalue weighted by Gasteiger charge is 2.26. The molecular weight excluding hydrogens is 330 g/mol. The number of imidazole rings is 1. The largest absolute Gasteiger partial charge is 0.435 e. The normalized spacial score (nSPS) is 14.8. The van der Waals surface area contributed by atoms with Crippen LogP contribution in [-0.4, -0.2) is 45.3 Å². The van der Waals surface area contributed by atoms with Gasteiger partial charge in [0.1, 0.15) is 5.65 Å². The second-order valence-electron chi connectivity index (χ2n) is 5.90. The van der Waals surface area contributed by atoms with Crippen molar-refractivity contribution in [3.8, 4) is 0 Å². The molecule has 1 fully saturated rings. The number of nitrogens with one attached hydrogen (secondary N) is 1. The number of hydrogen-bond donors (Lipinski definition) is 1. The zero-order valence-corrected chi connectivity index (χ0v) is 13.8. The molecule has 1 aliphatic rings. The van der Waals surface area contributed by atoms with E-state index in [9.17, 15) is 4.79 Å². The molecule has 0 unspecified atom stereocenters. The van der Waals surface area contributed by atoms with Crippen molar-refractivity contribution in [2.24, 2.45) is 0 Å². The molecule has 3 aromatic rings. The van der Waals surface area contributed by atoms with Gasteiger partial charge >= 0.3 is 0 Å². The van der Waals surface area contributed by atoms with Crippen LogP contribution in [0, 0.1) is 0 Å². The van der Waals surface area contributed by atoms with Crippen LogP contribution < -0.4 is 5.32 Å². The minimum absolute atomic E-state index is 0.210. The molecule has 7 nitrogen and oxygen atoms in total. The number of hydrogen-bond acceptors (Lipinski definition) is 5. The van der Waals surface area contributed by atoms with Gasteiger partial charge in [0.05, 0.1) is 35.6 Å². The van der Waals surface area contributed by atoms with Crippen LogP contribution in [0.2, 0.25) is 5.02 Å². The fourth-order valence-corrected chi connectivity index (χ4v) is 2.82. The summed E-state index contributed by atoms with van der Waals surface area (Å²) >= 11 is 6.04. The number of aromatic nitrogens is 3. The highest BCUT2D eigenvalue weighted by atomic mass is 35.5. The first-order valence-electron chi connectivity index (χ1n) is 7.65. The third-order valence-corrected chi connectivity index (χ3v) is 4.38. The lowest BCUT2D eigenvalue weighted by molar-refractivity contribution is 0.0748. The third-order valence-electron chi connectivity index (χ3n) is 4.16. The minimum Gasteiger partial charge on any atom is -0.435 e. The molecule has 0 aromatic carbocycles. The maximum Gasteiger partial charge on any atom is 0.291 e. The monoisotopic (exact) mass is 345 g/mol.